The van der Waals surface area contributed by atoms with Crippen LogP contribution in [0.25, 0.3) is 11.2 Å². The first kappa shape index (κ1) is 26.5. The molecule has 0 spiro atoms. The molecule has 0 aliphatic heterocycles. The van der Waals surface area contributed by atoms with E-state index in [4.69, 9.17) is 9.40 Å². The van der Waals surface area contributed by atoms with Gasteiger partial charge in [-0.05, 0) is 45.7 Å². The topological polar surface area (TPSA) is 106 Å². The molecule has 3 aromatic heterocycles. The molecule has 0 aliphatic rings. The van der Waals surface area contributed by atoms with E-state index < -0.39 is 11.2 Å². The lowest BCUT2D eigenvalue weighted by Gasteiger charge is -2.26. The van der Waals surface area contributed by atoms with Crippen LogP contribution in [0, 0.1) is 6.92 Å². The molecule has 9 heteroatoms. The van der Waals surface area contributed by atoms with Crippen molar-refractivity contribution in [2.75, 3.05) is 0 Å². The van der Waals surface area contributed by atoms with E-state index in [1.165, 1.54) is 0 Å². The van der Waals surface area contributed by atoms with Crippen LogP contribution in [0.2, 0.25) is 0 Å². The molecule has 0 aromatic carbocycles. The van der Waals surface area contributed by atoms with E-state index >= 15 is 0 Å². The first-order valence-corrected chi connectivity index (χ1v) is 12.8. The number of unbranched alkanes of at least 4 members (excludes halogenated alkanes) is 3. The molecule has 0 fully saturated rings. The van der Waals surface area contributed by atoms with E-state index in [0.29, 0.717) is 43.0 Å². The maximum atomic E-state index is 13.2. The van der Waals surface area contributed by atoms with Crippen LogP contribution in [-0.4, -0.2) is 36.0 Å². The van der Waals surface area contributed by atoms with Crippen LogP contribution in [0.5, 0.6) is 0 Å². The maximum Gasteiger partial charge on any atom is 0.330 e. The summed E-state index contributed by atoms with van der Waals surface area (Å²) in [5, 5.41) is 0. The number of H-pyrrole nitrogens is 1. The minimum Gasteiger partial charge on any atom is -0.464 e. The van der Waals surface area contributed by atoms with Gasteiger partial charge >= 0.3 is 5.69 Å². The number of aryl methyl sites for hydroxylation is 4. The molecule has 192 valence electrons. The summed E-state index contributed by atoms with van der Waals surface area (Å²) in [7, 11) is 0. The summed E-state index contributed by atoms with van der Waals surface area (Å²) in [6, 6.07) is 3.80. The van der Waals surface area contributed by atoms with E-state index in [2.05, 4.69) is 18.8 Å². The number of hydrogen-bond acceptors (Lipinski definition) is 5. The second kappa shape index (κ2) is 12.0. The molecule has 3 heterocycles. The summed E-state index contributed by atoms with van der Waals surface area (Å²) in [6.07, 6.45) is 5.35. The quantitative estimate of drug-likeness (QED) is 0.366. The zero-order valence-electron chi connectivity index (χ0n) is 21.7. The molecule has 3 rings (SSSR count). The van der Waals surface area contributed by atoms with Crippen LogP contribution in [0.3, 0.4) is 0 Å². The van der Waals surface area contributed by atoms with Gasteiger partial charge in [0, 0.05) is 32.0 Å². The first-order chi connectivity index (χ1) is 16.8. The number of fused-ring (bicyclic) bond motifs is 1. The van der Waals surface area contributed by atoms with Crippen LogP contribution < -0.4 is 11.2 Å². The number of aromatic amines is 1. The standard InChI is InChI=1S/C26H39N5O4/c1-6-8-10-16-29-21(27-24-23(29)25(33)28-26(34)30(24)15-9-7-2)13-14-22(32)31(18(3)4)17-20-12-11-19(5)35-20/h11-12,18H,6-10,13-17H2,1-5H3,(H,28,33,34). The fraction of sp³-hybridized carbons (Fsp3) is 0.615. The molecule has 35 heavy (non-hydrogen) atoms. The summed E-state index contributed by atoms with van der Waals surface area (Å²) >= 11 is 0. The lowest BCUT2D eigenvalue weighted by Crippen LogP contribution is -2.36. The lowest BCUT2D eigenvalue weighted by molar-refractivity contribution is -0.133. The number of nitrogens with one attached hydrogen (secondary N) is 1. The number of hydrogen-bond donors (Lipinski definition) is 1. The van der Waals surface area contributed by atoms with E-state index in [1.807, 2.05) is 37.5 Å². The predicted molar refractivity (Wildman–Crippen MR) is 136 cm³/mol. The fourth-order valence-electron chi connectivity index (χ4n) is 4.35. The second-order valence-corrected chi connectivity index (χ2v) is 9.45. The maximum absolute atomic E-state index is 13.2. The highest BCUT2D eigenvalue weighted by Gasteiger charge is 2.22. The Morgan fingerprint density at radius 2 is 1.80 bits per heavy atom. The minimum absolute atomic E-state index is 0.00139. The first-order valence-electron chi connectivity index (χ1n) is 12.8. The summed E-state index contributed by atoms with van der Waals surface area (Å²) in [6.45, 7) is 11.6. The smallest absolute Gasteiger partial charge is 0.330 e. The molecular weight excluding hydrogens is 446 g/mol. The van der Waals surface area contributed by atoms with Gasteiger partial charge in [-0.1, -0.05) is 33.1 Å². The van der Waals surface area contributed by atoms with Gasteiger partial charge in [-0.15, -0.1) is 0 Å². The molecule has 0 saturated heterocycles. The summed E-state index contributed by atoms with van der Waals surface area (Å²) < 4.78 is 9.15. The van der Waals surface area contributed by atoms with Crippen LogP contribution >= 0.6 is 0 Å². The number of aromatic nitrogens is 4. The van der Waals surface area contributed by atoms with Crippen molar-refractivity contribution in [3.8, 4) is 0 Å². The van der Waals surface area contributed by atoms with Crippen molar-refractivity contribution in [2.45, 2.75) is 105 Å². The molecule has 3 aromatic rings. The van der Waals surface area contributed by atoms with Gasteiger partial charge in [0.25, 0.3) is 5.56 Å². The largest absolute Gasteiger partial charge is 0.464 e. The number of carbonyl (C=O) groups is 1. The molecule has 0 atom stereocenters. The van der Waals surface area contributed by atoms with Crippen LogP contribution in [0.15, 0.2) is 26.1 Å². The number of carbonyl (C=O) groups excluding carboxylic acids is 1. The van der Waals surface area contributed by atoms with Crippen LogP contribution in [0.4, 0.5) is 0 Å². The number of amides is 1. The Kier molecular flexibility index (Phi) is 9.12. The van der Waals surface area contributed by atoms with Crippen LogP contribution in [0.1, 0.15) is 83.6 Å². The third-order valence-corrected chi connectivity index (χ3v) is 6.31. The minimum atomic E-state index is -0.434. The number of imidazole rings is 1. The van der Waals surface area contributed by atoms with Crippen molar-refractivity contribution < 1.29 is 9.21 Å². The summed E-state index contributed by atoms with van der Waals surface area (Å²) in [4.78, 5) is 47.6. The molecule has 0 radical (unpaired) electrons. The average Bonchev–Trinajstić information content (AvgIpc) is 3.39. The van der Waals surface area contributed by atoms with Gasteiger partial charge in [0.2, 0.25) is 5.91 Å². The highest BCUT2D eigenvalue weighted by molar-refractivity contribution is 5.77. The van der Waals surface area contributed by atoms with Crippen molar-refractivity contribution in [2.24, 2.45) is 0 Å². The van der Waals surface area contributed by atoms with Gasteiger partial charge < -0.3 is 13.9 Å². The van der Waals surface area contributed by atoms with Crippen molar-refractivity contribution >= 4 is 17.1 Å². The molecule has 0 aliphatic carbocycles. The number of nitrogens with zero attached hydrogens (tertiary/aromatic N) is 4. The third-order valence-electron chi connectivity index (χ3n) is 6.31. The Bertz CT molecular complexity index is 1250. The van der Waals surface area contributed by atoms with Gasteiger partial charge in [-0.3, -0.25) is 19.1 Å². The van der Waals surface area contributed by atoms with E-state index in [1.54, 1.807) is 9.47 Å². The summed E-state index contributed by atoms with van der Waals surface area (Å²) in [5.41, 5.74) is -0.0169. The molecule has 1 N–H and O–H groups in total. The van der Waals surface area contributed by atoms with Gasteiger partial charge in [0.05, 0.1) is 6.54 Å². The monoisotopic (exact) mass is 485 g/mol. The Morgan fingerprint density at radius 1 is 1.09 bits per heavy atom. The zero-order chi connectivity index (χ0) is 25.5. The molecule has 1 amide bonds. The van der Waals surface area contributed by atoms with E-state index in [9.17, 15) is 14.4 Å². The fourth-order valence-corrected chi connectivity index (χ4v) is 4.35. The Balaban J connectivity index is 1.91. The van der Waals surface area contributed by atoms with E-state index in [0.717, 1.165) is 43.6 Å². The zero-order valence-corrected chi connectivity index (χ0v) is 21.7. The van der Waals surface area contributed by atoms with E-state index in [-0.39, 0.29) is 18.4 Å². The molecular formula is C26H39N5O4. The Hall–Kier alpha value is -3.10. The number of rotatable bonds is 13. The lowest BCUT2D eigenvalue weighted by atomic mass is 10.2. The average molecular weight is 486 g/mol. The van der Waals surface area contributed by atoms with Crippen molar-refractivity contribution in [3.05, 3.63) is 50.3 Å². The van der Waals surface area contributed by atoms with Gasteiger partial charge in [-0.25, -0.2) is 9.78 Å². The van der Waals surface area contributed by atoms with Crippen molar-refractivity contribution in [1.29, 1.82) is 0 Å². The Labute approximate surface area is 206 Å². The molecule has 0 saturated carbocycles. The van der Waals surface area contributed by atoms with Gasteiger partial charge in [0.1, 0.15) is 17.3 Å². The Morgan fingerprint density at radius 3 is 2.43 bits per heavy atom. The van der Waals surface area contributed by atoms with Crippen LogP contribution in [-0.2, 0) is 30.8 Å². The predicted octanol–water partition coefficient (Wildman–Crippen LogP) is 4.15. The molecule has 0 bridgehead atoms. The number of furan rings is 1. The van der Waals surface area contributed by atoms with Gasteiger partial charge in [-0.2, -0.15) is 0 Å². The van der Waals surface area contributed by atoms with Crippen molar-refractivity contribution in [3.63, 3.8) is 0 Å². The normalized spacial score (nSPS) is 11.6. The SMILES string of the molecule is CCCCCn1c(CCC(=O)N(Cc2ccc(C)o2)C(C)C)nc2c1c(=O)[nH]c(=O)n2CCCC. The second-order valence-electron chi connectivity index (χ2n) is 9.45. The van der Waals surface area contributed by atoms with Gasteiger partial charge in [0.15, 0.2) is 11.2 Å². The molecule has 0 unspecified atom stereocenters. The van der Waals surface area contributed by atoms with Crippen molar-refractivity contribution in [1.82, 2.24) is 24.0 Å². The summed E-state index contributed by atoms with van der Waals surface area (Å²) in [5.74, 6) is 2.24. The highest BCUT2D eigenvalue weighted by atomic mass is 16.3. The molecule has 9 nitrogen and oxygen atoms in total. The third kappa shape index (κ3) is 6.32. The highest BCUT2D eigenvalue weighted by Crippen LogP contribution is 2.18.